The second-order valence-electron chi connectivity index (χ2n) is 4.86. The van der Waals surface area contributed by atoms with Crippen LogP contribution in [0.4, 0.5) is 0 Å². The fraction of sp³-hybridized carbons (Fsp3) is 0.235. The minimum Gasteiger partial charge on any atom is -0.350 e. The number of aryl methyl sites for hydroxylation is 1. The van der Waals surface area contributed by atoms with Crippen molar-refractivity contribution in [3.8, 4) is 11.1 Å². The average Bonchev–Trinajstić information content (AvgIpc) is 2.39. The second kappa shape index (κ2) is 5.70. The number of hydrogen-bond donors (Lipinski definition) is 1. The Hall–Kier alpha value is -2.09. The van der Waals surface area contributed by atoms with Gasteiger partial charge in [0.15, 0.2) is 0 Å². The first-order valence-corrected chi connectivity index (χ1v) is 6.51. The summed E-state index contributed by atoms with van der Waals surface area (Å²) in [7, 11) is 0. The lowest BCUT2D eigenvalue weighted by Crippen LogP contribution is -2.23. The lowest BCUT2D eigenvalue weighted by Gasteiger charge is -2.14. The van der Waals surface area contributed by atoms with Gasteiger partial charge >= 0.3 is 0 Å². The maximum absolute atomic E-state index is 11.0. The number of amides is 1. The summed E-state index contributed by atoms with van der Waals surface area (Å²) in [6.45, 7) is 5.64. The van der Waals surface area contributed by atoms with Crippen molar-refractivity contribution in [3.05, 3.63) is 59.7 Å². The SMILES string of the molecule is CC(=O)NC(C)c1ccc(-c2ccccc2C)cc1. The summed E-state index contributed by atoms with van der Waals surface area (Å²) in [6.07, 6.45) is 0. The van der Waals surface area contributed by atoms with Crippen LogP contribution >= 0.6 is 0 Å². The molecule has 0 aliphatic rings. The van der Waals surface area contributed by atoms with Crippen molar-refractivity contribution in [2.24, 2.45) is 0 Å². The van der Waals surface area contributed by atoms with Gasteiger partial charge in [-0.15, -0.1) is 0 Å². The summed E-state index contributed by atoms with van der Waals surface area (Å²) in [5.74, 6) is -0.00418. The Morgan fingerprint density at radius 3 is 2.26 bits per heavy atom. The number of hydrogen-bond acceptors (Lipinski definition) is 1. The third-order valence-corrected chi connectivity index (χ3v) is 3.29. The molecule has 0 aromatic heterocycles. The van der Waals surface area contributed by atoms with Gasteiger partial charge in [-0.2, -0.15) is 0 Å². The summed E-state index contributed by atoms with van der Waals surface area (Å²) in [4.78, 5) is 11.0. The van der Waals surface area contributed by atoms with Crippen LogP contribution in [0.1, 0.15) is 31.0 Å². The summed E-state index contributed by atoms with van der Waals surface area (Å²) in [6, 6.07) is 16.7. The van der Waals surface area contributed by atoms with Gasteiger partial charge < -0.3 is 5.32 Å². The van der Waals surface area contributed by atoms with Crippen molar-refractivity contribution in [1.82, 2.24) is 5.32 Å². The Labute approximate surface area is 114 Å². The smallest absolute Gasteiger partial charge is 0.217 e. The van der Waals surface area contributed by atoms with Crippen LogP contribution in [0.25, 0.3) is 11.1 Å². The van der Waals surface area contributed by atoms with Gasteiger partial charge in [-0.25, -0.2) is 0 Å². The summed E-state index contributed by atoms with van der Waals surface area (Å²) < 4.78 is 0. The zero-order valence-electron chi connectivity index (χ0n) is 11.6. The van der Waals surface area contributed by atoms with Crippen LogP contribution in [0, 0.1) is 6.92 Å². The molecule has 19 heavy (non-hydrogen) atoms. The quantitative estimate of drug-likeness (QED) is 0.884. The van der Waals surface area contributed by atoms with E-state index in [0.29, 0.717) is 0 Å². The van der Waals surface area contributed by atoms with Crippen LogP contribution in [-0.4, -0.2) is 5.91 Å². The number of nitrogens with one attached hydrogen (secondary N) is 1. The molecule has 0 spiro atoms. The van der Waals surface area contributed by atoms with E-state index in [1.165, 1.54) is 23.6 Å². The first-order valence-electron chi connectivity index (χ1n) is 6.51. The Balaban J connectivity index is 2.24. The van der Waals surface area contributed by atoms with Gasteiger partial charge in [-0.1, -0.05) is 48.5 Å². The number of benzene rings is 2. The van der Waals surface area contributed by atoms with Crippen LogP contribution in [0.3, 0.4) is 0 Å². The maximum Gasteiger partial charge on any atom is 0.217 e. The highest BCUT2D eigenvalue weighted by molar-refractivity contribution is 5.73. The molecule has 0 saturated carbocycles. The van der Waals surface area contributed by atoms with E-state index in [0.717, 1.165) is 5.56 Å². The van der Waals surface area contributed by atoms with E-state index in [1.54, 1.807) is 0 Å². The molecule has 1 N–H and O–H groups in total. The fourth-order valence-electron chi connectivity index (χ4n) is 2.24. The highest BCUT2D eigenvalue weighted by Crippen LogP contribution is 2.24. The van der Waals surface area contributed by atoms with Gasteiger partial charge in [0.25, 0.3) is 0 Å². The van der Waals surface area contributed by atoms with Gasteiger partial charge in [0, 0.05) is 6.92 Å². The largest absolute Gasteiger partial charge is 0.350 e. The Morgan fingerprint density at radius 1 is 1.05 bits per heavy atom. The molecule has 0 aliphatic heterocycles. The van der Waals surface area contributed by atoms with Crippen LogP contribution in [0.2, 0.25) is 0 Å². The van der Waals surface area contributed by atoms with E-state index in [2.05, 4.69) is 54.7 Å². The Bertz CT molecular complexity index is 572. The Morgan fingerprint density at radius 2 is 1.68 bits per heavy atom. The van der Waals surface area contributed by atoms with Gasteiger partial charge in [0.1, 0.15) is 0 Å². The monoisotopic (exact) mass is 253 g/mol. The Kier molecular flexibility index (Phi) is 4.00. The maximum atomic E-state index is 11.0. The van der Waals surface area contributed by atoms with Crippen molar-refractivity contribution in [2.45, 2.75) is 26.8 Å². The molecule has 98 valence electrons. The molecule has 0 fully saturated rings. The van der Waals surface area contributed by atoms with Gasteiger partial charge in [0.05, 0.1) is 6.04 Å². The zero-order valence-corrected chi connectivity index (χ0v) is 11.6. The topological polar surface area (TPSA) is 29.1 Å². The van der Waals surface area contributed by atoms with Crippen LogP contribution in [0.5, 0.6) is 0 Å². The van der Waals surface area contributed by atoms with Crippen LogP contribution in [-0.2, 0) is 4.79 Å². The summed E-state index contributed by atoms with van der Waals surface area (Å²) in [5, 5.41) is 2.89. The molecule has 2 aromatic rings. The number of rotatable bonds is 3. The number of carbonyl (C=O) groups is 1. The molecular weight excluding hydrogens is 234 g/mol. The highest BCUT2D eigenvalue weighted by atomic mass is 16.1. The molecule has 1 atom stereocenters. The molecule has 1 amide bonds. The van der Waals surface area contributed by atoms with Crippen molar-refractivity contribution in [2.75, 3.05) is 0 Å². The first-order chi connectivity index (χ1) is 9.08. The van der Waals surface area contributed by atoms with Gasteiger partial charge in [0.2, 0.25) is 5.91 Å². The molecule has 2 heteroatoms. The lowest BCUT2D eigenvalue weighted by molar-refractivity contribution is -0.119. The predicted molar refractivity (Wildman–Crippen MR) is 78.8 cm³/mol. The van der Waals surface area contributed by atoms with Gasteiger partial charge in [-0.3, -0.25) is 4.79 Å². The van der Waals surface area contributed by atoms with Crippen molar-refractivity contribution in [3.63, 3.8) is 0 Å². The minimum absolute atomic E-state index is 0.00418. The molecule has 1 unspecified atom stereocenters. The first kappa shape index (κ1) is 13.3. The standard InChI is InChI=1S/C17H19NO/c1-12-6-4-5-7-17(12)16-10-8-15(9-11-16)13(2)18-14(3)19/h4-11,13H,1-3H3,(H,18,19). The number of carbonyl (C=O) groups excluding carboxylic acids is 1. The molecular formula is C17H19NO. The predicted octanol–water partition coefficient (Wildman–Crippen LogP) is 3.86. The molecule has 0 heterocycles. The second-order valence-corrected chi connectivity index (χ2v) is 4.86. The van der Waals surface area contributed by atoms with E-state index in [1.807, 2.05) is 13.0 Å². The molecule has 0 aliphatic carbocycles. The fourth-order valence-corrected chi connectivity index (χ4v) is 2.24. The van der Waals surface area contributed by atoms with Gasteiger partial charge in [-0.05, 0) is 36.1 Å². The normalized spacial score (nSPS) is 11.9. The highest BCUT2D eigenvalue weighted by Gasteiger charge is 2.07. The van der Waals surface area contributed by atoms with Crippen LogP contribution in [0.15, 0.2) is 48.5 Å². The minimum atomic E-state index is -0.00418. The van der Waals surface area contributed by atoms with E-state index in [4.69, 9.17) is 0 Å². The third-order valence-electron chi connectivity index (χ3n) is 3.29. The van der Waals surface area contributed by atoms with E-state index < -0.39 is 0 Å². The lowest BCUT2D eigenvalue weighted by atomic mass is 9.98. The molecule has 2 aromatic carbocycles. The molecule has 0 saturated heterocycles. The summed E-state index contributed by atoms with van der Waals surface area (Å²) >= 11 is 0. The van der Waals surface area contributed by atoms with E-state index in [9.17, 15) is 4.79 Å². The molecule has 2 rings (SSSR count). The third kappa shape index (κ3) is 3.22. The van der Waals surface area contributed by atoms with Crippen molar-refractivity contribution < 1.29 is 4.79 Å². The molecule has 2 nitrogen and oxygen atoms in total. The van der Waals surface area contributed by atoms with Crippen molar-refractivity contribution in [1.29, 1.82) is 0 Å². The molecule has 0 bridgehead atoms. The van der Waals surface area contributed by atoms with Crippen molar-refractivity contribution >= 4 is 5.91 Å². The average molecular weight is 253 g/mol. The zero-order chi connectivity index (χ0) is 13.8. The summed E-state index contributed by atoms with van der Waals surface area (Å²) in [5.41, 5.74) is 4.84. The van der Waals surface area contributed by atoms with E-state index >= 15 is 0 Å². The molecule has 0 radical (unpaired) electrons. The van der Waals surface area contributed by atoms with Crippen LogP contribution < -0.4 is 5.32 Å². The van der Waals surface area contributed by atoms with E-state index in [-0.39, 0.29) is 11.9 Å².